The van der Waals surface area contributed by atoms with Crippen LogP contribution >= 0.6 is 0 Å². The molecule has 1 amide bonds. The van der Waals surface area contributed by atoms with Gasteiger partial charge in [-0.3, -0.25) is 9.59 Å². The quantitative estimate of drug-likeness (QED) is 0.818. The maximum absolute atomic E-state index is 11.9. The Morgan fingerprint density at radius 1 is 1.47 bits per heavy atom. The molecule has 17 heavy (non-hydrogen) atoms. The average Bonchev–Trinajstić information content (AvgIpc) is 2.29. The number of H-pyrrole nitrogens is 1. The third kappa shape index (κ3) is 2.96. The molecule has 1 aliphatic carbocycles. The Morgan fingerprint density at radius 3 is 3.00 bits per heavy atom. The zero-order chi connectivity index (χ0) is 12.3. The number of amides is 1. The van der Waals surface area contributed by atoms with Crippen LogP contribution in [0.5, 0.6) is 0 Å². The summed E-state index contributed by atoms with van der Waals surface area (Å²) in [5, 5.41) is 2.95. The van der Waals surface area contributed by atoms with Crippen LogP contribution in [-0.2, 0) is 0 Å². The summed E-state index contributed by atoms with van der Waals surface area (Å²) in [4.78, 5) is 25.9. The van der Waals surface area contributed by atoms with Crippen molar-refractivity contribution in [2.24, 2.45) is 5.92 Å². The fraction of sp³-hybridized carbons (Fsp3) is 0.538. The second-order valence-electron chi connectivity index (χ2n) is 4.86. The molecule has 1 aliphatic rings. The minimum atomic E-state index is -0.325. The molecule has 1 fully saturated rings. The summed E-state index contributed by atoms with van der Waals surface area (Å²) in [5.41, 5.74) is -0.125. The lowest BCUT2D eigenvalue weighted by Crippen LogP contribution is -2.39. The fourth-order valence-corrected chi connectivity index (χ4v) is 2.43. The minimum Gasteiger partial charge on any atom is -0.349 e. The van der Waals surface area contributed by atoms with Gasteiger partial charge in [0.05, 0.1) is 0 Å². The Labute approximate surface area is 100 Å². The van der Waals surface area contributed by atoms with Crippen LogP contribution in [-0.4, -0.2) is 16.9 Å². The second-order valence-corrected chi connectivity index (χ2v) is 4.86. The highest BCUT2D eigenvalue weighted by molar-refractivity contribution is 5.93. The molecule has 1 aromatic rings. The van der Waals surface area contributed by atoms with Gasteiger partial charge in [-0.15, -0.1) is 0 Å². The molecule has 4 nitrogen and oxygen atoms in total. The molecule has 0 radical (unpaired) electrons. The lowest BCUT2D eigenvalue weighted by molar-refractivity contribution is 0.0920. The molecule has 0 spiro atoms. The molecule has 0 aromatic carbocycles. The number of aromatic amines is 1. The average molecular weight is 234 g/mol. The Morgan fingerprint density at radius 2 is 2.29 bits per heavy atom. The first kappa shape index (κ1) is 11.9. The Hall–Kier alpha value is -1.58. The first-order chi connectivity index (χ1) is 8.16. The molecule has 1 heterocycles. The number of carbonyl (C=O) groups is 1. The van der Waals surface area contributed by atoms with Crippen molar-refractivity contribution in [3.63, 3.8) is 0 Å². The second kappa shape index (κ2) is 5.17. The van der Waals surface area contributed by atoms with E-state index in [0.29, 0.717) is 5.92 Å². The molecule has 4 heteroatoms. The van der Waals surface area contributed by atoms with Crippen LogP contribution in [0.3, 0.4) is 0 Å². The van der Waals surface area contributed by atoms with Gasteiger partial charge >= 0.3 is 0 Å². The van der Waals surface area contributed by atoms with Crippen molar-refractivity contribution in [1.29, 1.82) is 0 Å². The Kier molecular flexibility index (Phi) is 3.61. The van der Waals surface area contributed by atoms with Gasteiger partial charge in [0.25, 0.3) is 11.5 Å². The summed E-state index contributed by atoms with van der Waals surface area (Å²) in [5.74, 6) is 0.397. The normalized spacial score (nSPS) is 24.3. The summed E-state index contributed by atoms with van der Waals surface area (Å²) in [6.45, 7) is 2.20. The van der Waals surface area contributed by atoms with E-state index in [4.69, 9.17) is 0 Å². The smallest absolute Gasteiger partial charge is 0.260 e. The van der Waals surface area contributed by atoms with Crippen LogP contribution in [0, 0.1) is 5.92 Å². The maximum Gasteiger partial charge on any atom is 0.260 e. The summed E-state index contributed by atoms with van der Waals surface area (Å²) in [6.07, 6.45) is 5.94. The number of hydrogen-bond donors (Lipinski definition) is 2. The van der Waals surface area contributed by atoms with Gasteiger partial charge in [0, 0.05) is 12.2 Å². The van der Waals surface area contributed by atoms with E-state index in [0.717, 1.165) is 19.3 Å². The number of carbonyl (C=O) groups excluding carboxylic acids is 1. The summed E-state index contributed by atoms with van der Waals surface area (Å²) in [7, 11) is 0. The van der Waals surface area contributed by atoms with Crippen molar-refractivity contribution in [3.05, 3.63) is 34.2 Å². The predicted octanol–water partition coefficient (Wildman–Crippen LogP) is 1.68. The van der Waals surface area contributed by atoms with E-state index in [1.54, 1.807) is 12.1 Å². The topological polar surface area (TPSA) is 62.0 Å². The van der Waals surface area contributed by atoms with Gasteiger partial charge in [-0.2, -0.15) is 0 Å². The van der Waals surface area contributed by atoms with Crippen molar-refractivity contribution in [2.75, 3.05) is 0 Å². The van der Waals surface area contributed by atoms with E-state index in [1.807, 2.05) is 0 Å². The van der Waals surface area contributed by atoms with Crippen molar-refractivity contribution in [2.45, 2.75) is 38.6 Å². The van der Waals surface area contributed by atoms with E-state index in [2.05, 4.69) is 17.2 Å². The lowest BCUT2D eigenvalue weighted by atomic mass is 9.87. The van der Waals surface area contributed by atoms with Crippen LogP contribution in [0.15, 0.2) is 23.1 Å². The molecule has 0 saturated heterocycles. The maximum atomic E-state index is 11.9. The Balaban J connectivity index is 2.02. The molecular weight excluding hydrogens is 216 g/mol. The molecule has 1 saturated carbocycles. The first-order valence-corrected chi connectivity index (χ1v) is 6.15. The van der Waals surface area contributed by atoms with E-state index in [9.17, 15) is 9.59 Å². The van der Waals surface area contributed by atoms with Gasteiger partial charge in [-0.05, 0) is 30.9 Å². The standard InChI is InChI=1S/C13H18N2O2/c1-9-4-2-5-10(8-9)15-13(17)11-6-3-7-14-12(11)16/h3,6-7,9-10H,2,4-5,8H2,1H3,(H,14,16)(H,15,17)/t9-,10+/m1/s1. The van der Waals surface area contributed by atoms with Crippen molar-refractivity contribution in [3.8, 4) is 0 Å². The van der Waals surface area contributed by atoms with Crippen LogP contribution < -0.4 is 10.9 Å². The summed E-state index contributed by atoms with van der Waals surface area (Å²) < 4.78 is 0. The lowest BCUT2D eigenvalue weighted by Gasteiger charge is -2.27. The molecule has 92 valence electrons. The third-order valence-electron chi connectivity index (χ3n) is 3.33. The molecular formula is C13H18N2O2. The summed E-state index contributed by atoms with van der Waals surface area (Å²) in [6, 6.07) is 3.44. The number of aromatic nitrogens is 1. The summed E-state index contributed by atoms with van der Waals surface area (Å²) >= 11 is 0. The zero-order valence-corrected chi connectivity index (χ0v) is 10.0. The van der Waals surface area contributed by atoms with Crippen LogP contribution in [0.2, 0.25) is 0 Å². The molecule has 2 N–H and O–H groups in total. The van der Waals surface area contributed by atoms with Gasteiger partial charge in [0.2, 0.25) is 0 Å². The monoisotopic (exact) mass is 234 g/mol. The van der Waals surface area contributed by atoms with Gasteiger partial charge in [-0.25, -0.2) is 0 Å². The highest BCUT2D eigenvalue weighted by Crippen LogP contribution is 2.23. The van der Waals surface area contributed by atoms with Crippen LogP contribution in [0.4, 0.5) is 0 Å². The van der Waals surface area contributed by atoms with Crippen molar-refractivity contribution >= 4 is 5.91 Å². The molecule has 0 bridgehead atoms. The van der Waals surface area contributed by atoms with Gasteiger partial charge in [-0.1, -0.05) is 19.8 Å². The van der Waals surface area contributed by atoms with E-state index < -0.39 is 0 Å². The fourth-order valence-electron chi connectivity index (χ4n) is 2.43. The third-order valence-corrected chi connectivity index (χ3v) is 3.33. The van der Waals surface area contributed by atoms with Gasteiger partial charge < -0.3 is 10.3 Å². The molecule has 0 aliphatic heterocycles. The van der Waals surface area contributed by atoms with Crippen molar-refractivity contribution < 1.29 is 4.79 Å². The highest BCUT2D eigenvalue weighted by atomic mass is 16.2. The number of nitrogens with one attached hydrogen (secondary N) is 2. The largest absolute Gasteiger partial charge is 0.349 e. The highest BCUT2D eigenvalue weighted by Gasteiger charge is 2.21. The van der Waals surface area contributed by atoms with Crippen LogP contribution in [0.25, 0.3) is 0 Å². The number of pyridine rings is 1. The zero-order valence-electron chi connectivity index (χ0n) is 10.0. The SMILES string of the molecule is C[C@@H]1CCC[C@H](NC(=O)c2ccc[nH]c2=O)C1. The molecule has 0 unspecified atom stereocenters. The van der Waals surface area contributed by atoms with E-state index in [1.165, 1.54) is 12.6 Å². The van der Waals surface area contributed by atoms with Crippen LogP contribution in [0.1, 0.15) is 43.0 Å². The molecule has 2 atom stereocenters. The van der Waals surface area contributed by atoms with E-state index >= 15 is 0 Å². The van der Waals surface area contributed by atoms with Crippen molar-refractivity contribution in [1.82, 2.24) is 10.3 Å². The molecule has 1 aromatic heterocycles. The number of rotatable bonds is 2. The minimum absolute atomic E-state index is 0.200. The molecule has 2 rings (SSSR count). The van der Waals surface area contributed by atoms with Gasteiger partial charge in [0.15, 0.2) is 0 Å². The predicted molar refractivity (Wildman–Crippen MR) is 65.9 cm³/mol. The van der Waals surface area contributed by atoms with E-state index in [-0.39, 0.29) is 23.1 Å². The number of hydrogen-bond acceptors (Lipinski definition) is 2. The Bertz CT molecular complexity index is 453. The first-order valence-electron chi connectivity index (χ1n) is 6.15. The van der Waals surface area contributed by atoms with Gasteiger partial charge in [0.1, 0.15) is 5.56 Å².